The molecule has 0 aliphatic rings. The van der Waals surface area contributed by atoms with Crippen molar-refractivity contribution in [2.24, 2.45) is 0 Å². The van der Waals surface area contributed by atoms with Gasteiger partial charge in [-0.1, -0.05) is 25.1 Å². The van der Waals surface area contributed by atoms with Crippen LogP contribution in [0.1, 0.15) is 28.9 Å². The summed E-state index contributed by atoms with van der Waals surface area (Å²) in [5.74, 6) is 0.867. The largest absolute Gasteiger partial charge is 0.486 e. The third-order valence-electron chi connectivity index (χ3n) is 2.92. The van der Waals surface area contributed by atoms with E-state index in [1.165, 1.54) is 4.88 Å². The topological polar surface area (TPSA) is 43.4 Å². The Hall–Kier alpha value is -1.43. The van der Waals surface area contributed by atoms with Gasteiger partial charge in [0, 0.05) is 18.5 Å². The molecule has 114 valence electrons. The highest BCUT2D eigenvalue weighted by atomic mass is 32.1. The fraction of sp³-hybridized carbons (Fsp3) is 0.438. The molecule has 21 heavy (non-hydrogen) atoms. The van der Waals surface area contributed by atoms with E-state index in [-0.39, 0.29) is 0 Å². The molecule has 0 radical (unpaired) electrons. The smallest absolute Gasteiger partial charge is 0.140 e. The number of benzene rings is 1. The van der Waals surface area contributed by atoms with Gasteiger partial charge in [-0.15, -0.1) is 11.3 Å². The van der Waals surface area contributed by atoms with Gasteiger partial charge < -0.3 is 14.8 Å². The van der Waals surface area contributed by atoms with Crippen LogP contribution in [0.3, 0.4) is 0 Å². The molecule has 0 unspecified atom stereocenters. The number of rotatable bonds is 9. The van der Waals surface area contributed by atoms with Crippen LogP contribution in [0.5, 0.6) is 5.75 Å². The second-order valence-electron chi connectivity index (χ2n) is 4.69. The van der Waals surface area contributed by atoms with Gasteiger partial charge in [0.1, 0.15) is 17.4 Å². The number of ether oxygens (including phenoxy) is 2. The minimum atomic E-state index is 0.499. The molecule has 1 aromatic heterocycles. The summed E-state index contributed by atoms with van der Waals surface area (Å²) in [4.78, 5) is 5.86. The molecule has 0 spiro atoms. The molecule has 0 aliphatic carbocycles. The Kier molecular flexibility index (Phi) is 6.66. The fourth-order valence-corrected chi connectivity index (χ4v) is 2.88. The highest BCUT2D eigenvalue weighted by Gasteiger charge is 2.11. The van der Waals surface area contributed by atoms with Crippen LogP contribution in [0.2, 0.25) is 0 Å². The molecule has 1 aromatic carbocycles. The molecule has 0 atom stereocenters. The lowest BCUT2D eigenvalue weighted by molar-refractivity contribution is 0.180. The first-order valence-corrected chi connectivity index (χ1v) is 8.00. The highest BCUT2D eigenvalue weighted by molar-refractivity contribution is 7.11. The maximum absolute atomic E-state index is 5.75. The van der Waals surface area contributed by atoms with Gasteiger partial charge in [-0.25, -0.2) is 4.98 Å². The standard InChI is InChI=1S/C16H22N2O2S/c1-3-9-17-10-15-14(11-19-2)18-16(21-15)12-20-13-7-5-4-6-8-13/h4-8,17H,3,9-12H2,1-2H3. The van der Waals surface area contributed by atoms with Crippen LogP contribution in [0.15, 0.2) is 30.3 Å². The molecule has 2 rings (SSSR count). The van der Waals surface area contributed by atoms with Gasteiger partial charge in [-0.3, -0.25) is 0 Å². The Morgan fingerprint density at radius 3 is 2.71 bits per heavy atom. The van der Waals surface area contributed by atoms with Crippen molar-refractivity contribution < 1.29 is 9.47 Å². The SMILES string of the molecule is CCCNCc1sc(COc2ccccc2)nc1COC. The summed E-state index contributed by atoms with van der Waals surface area (Å²) >= 11 is 1.69. The van der Waals surface area contributed by atoms with Gasteiger partial charge in [0.25, 0.3) is 0 Å². The van der Waals surface area contributed by atoms with E-state index in [2.05, 4.69) is 17.2 Å². The van der Waals surface area contributed by atoms with E-state index in [1.807, 2.05) is 30.3 Å². The molecule has 0 bridgehead atoms. The van der Waals surface area contributed by atoms with E-state index in [0.29, 0.717) is 13.2 Å². The summed E-state index contributed by atoms with van der Waals surface area (Å²) in [6.07, 6.45) is 1.13. The fourth-order valence-electron chi connectivity index (χ4n) is 1.93. The molecule has 0 saturated carbocycles. The third-order valence-corrected chi connectivity index (χ3v) is 3.99. The molecule has 5 heteroatoms. The number of thiazole rings is 1. The molecule has 0 saturated heterocycles. The van der Waals surface area contributed by atoms with Gasteiger partial charge >= 0.3 is 0 Å². The number of hydrogen-bond donors (Lipinski definition) is 1. The van der Waals surface area contributed by atoms with Crippen molar-refractivity contribution in [2.75, 3.05) is 13.7 Å². The zero-order valence-corrected chi connectivity index (χ0v) is 13.4. The molecular weight excluding hydrogens is 284 g/mol. The lowest BCUT2D eigenvalue weighted by atomic mass is 10.3. The molecule has 0 fully saturated rings. The van der Waals surface area contributed by atoms with Crippen molar-refractivity contribution in [1.82, 2.24) is 10.3 Å². The highest BCUT2D eigenvalue weighted by Crippen LogP contribution is 2.21. The second kappa shape index (κ2) is 8.77. The van der Waals surface area contributed by atoms with Crippen LogP contribution < -0.4 is 10.1 Å². The molecule has 0 aliphatic heterocycles. The summed E-state index contributed by atoms with van der Waals surface area (Å²) < 4.78 is 11.0. The molecule has 2 aromatic rings. The maximum atomic E-state index is 5.75. The minimum Gasteiger partial charge on any atom is -0.486 e. The van der Waals surface area contributed by atoms with Gasteiger partial charge in [0.15, 0.2) is 0 Å². The first kappa shape index (κ1) is 15.9. The van der Waals surface area contributed by atoms with Crippen molar-refractivity contribution in [3.05, 3.63) is 45.9 Å². The maximum Gasteiger partial charge on any atom is 0.140 e. The Labute approximate surface area is 130 Å². The van der Waals surface area contributed by atoms with Crippen LogP contribution in [0, 0.1) is 0 Å². The number of hydrogen-bond acceptors (Lipinski definition) is 5. The monoisotopic (exact) mass is 306 g/mol. The van der Waals surface area contributed by atoms with Gasteiger partial charge in [-0.05, 0) is 25.1 Å². The first-order chi connectivity index (χ1) is 10.3. The van der Waals surface area contributed by atoms with Crippen molar-refractivity contribution >= 4 is 11.3 Å². The van der Waals surface area contributed by atoms with Gasteiger partial charge in [-0.2, -0.15) is 0 Å². The zero-order valence-electron chi connectivity index (χ0n) is 12.6. The lowest BCUT2D eigenvalue weighted by Crippen LogP contribution is -2.14. The molecule has 4 nitrogen and oxygen atoms in total. The molecule has 1 N–H and O–H groups in total. The number of aromatic nitrogens is 1. The summed E-state index contributed by atoms with van der Waals surface area (Å²) in [7, 11) is 1.70. The quantitative estimate of drug-likeness (QED) is 0.721. The van der Waals surface area contributed by atoms with E-state index in [0.717, 1.165) is 36.0 Å². The Bertz CT molecular complexity index is 528. The van der Waals surface area contributed by atoms with Crippen LogP contribution in [0.4, 0.5) is 0 Å². The van der Waals surface area contributed by atoms with Crippen LogP contribution in [0.25, 0.3) is 0 Å². The third kappa shape index (κ3) is 5.12. The zero-order chi connectivity index (χ0) is 14.9. The summed E-state index contributed by atoms with van der Waals surface area (Å²) in [6, 6.07) is 9.81. The van der Waals surface area contributed by atoms with Crippen LogP contribution >= 0.6 is 11.3 Å². The predicted octanol–water partition coefficient (Wildman–Crippen LogP) is 3.37. The number of nitrogens with one attached hydrogen (secondary N) is 1. The Balaban J connectivity index is 1.97. The van der Waals surface area contributed by atoms with E-state index in [1.54, 1.807) is 18.4 Å². The van der Waals surface area contributed by atoms with Crippen LogP contribution in [-0.2, 0) is 24.5 Å². The van der Waals surface area contributed by atoms with E-state index < -0.39 is 0 Å². The number of nitrogens with zero attached hydrogens (tertiary/aromatic N) is 1. The van der Waals surface area contributed by atoms with E-state index in [9.17, 15) is 0 Å². The second-order valence-corrected chi connectivity index (χ2v) is 5.86. The van der Waals surface area contributed by atoms with Gasteiger partial charge in [0.05, 0.1) is 12.3 Å². The predicted molar refractivity (Wildman–Crippen MR) is 85.6 cm³/mol. The van der Waals surface area contributed by atoms with Crippen molar-refractivity contribution in [2.45, 2.75) is 33.1 Å². The van der Waals surface area contributed by atoms with Gasteiger partial charge in [0.2, 0.25) is 0 Å². The van der Waals surface area contributed by atoms with E-state index in [4.69, 9.17) is 9.47 Å². The van der Waals surface area contributed by atoms with Crippen LogP contribution in [-0.4, -0.2) is 18.6 Å². The summed E-state index contributed by atoms with van der Waals surface area (Å²) in [6.45, 7) is 5.06. The summed E-state index contributed by atoms with van der Waals surface area (Å²) in [5, 5.41) is 4.40. The average Bonchev–Trinajstić information content (AvgIpc) is 2.89. The first-order valence-electron chi connectivity index (χ1n) is 7.18. The molecular formula is C16H22N2O2S. The van der Waals surface area contributed by atoms with Crippen molar-refractivity contribution in [3.63, 3.8) is 0 Å². The Morgan fingerprint density at radius 2 is 2.00 bits per heavy atom. The number of methoxy groups -OCH3 is 1. The van der Waals surface area contributed by atoms with Crippen molar-refractivity contribution in [3.8, 4) is 5.75 Å². The van der Waals surface area contributed by atoms with Crippen molar-refractivity contribution in [1.29, 1.82) is 0 Å². The average molecular weight is 306 g/mol. The van der Waals surface area contributed by atoms with E-state index >= 15 is 0 Å². The molecule has 0 amide bonds. The summed E-state index contributed by atoms with van der Waals surface area (Å²) in [5.41, 5.74) is 1.01. The lowest BCUT2D eigenvalue weighted by Gasteiger charge is -2.02. The molecule has 1 heterocycles. The normalized spacial score (nSPS) is 10.8. The number of para-hydroxylation sites is 1. The minimum absolute atomic E-state index is 0.499. The Morgan fingerprint density at radius 1 is 1.19 bits per heavy atom.